The zero-order valence-electron chi connectivity index (χ0n) is 6.50. The Morgan fingerprint density at radius 1 is 1.33 bits per heavy atom. The van der Waals surface area contributed by atoms with Gasteiger partial charge in [0.2, 0.25) is 0 Å². The highest BCUT2D eigenvalue weighted by molar-refractivity contribution is 6.00. The van der Waals surface area contributed by atoms with Gasteiger partial charge in [-0.1, -0.05) is 6.07 Å². The summed E-state index contributed by atoms with van der Waals surface area (Å²) in [6, 6.07) is 4.90. The Morgan fingerprint density at radius 2 is 2.17 bits per heavy atom. The molecule has 1 aromatic carbocycles. The third kappa shape index (κ3) is 1.08. The first-order valence-electron chi connectivity index (χ1n) is 3.83. The van der Waals surface area contributed by atoms with Crippen LogP contribution < -0.4 is 5.32 Å². The number of nitrogens with one attached hydrogen (secondary N) is 1. The molecule has 0 bridgehead atoms. The lowest BCUT2D eigenvalue weighted by Crippen LogP contribution is -2.29. The smallest absolute Gasteiger partial charge is 0.177 e. The summed E-state index contributed by atoms with van der Waals surface area (Å²) in [5.41, 5.74) is 1.61. The van der Waals surface area contributed by atoms with Crippen LogP contribution in [-0.2, 0) is 6.54 Å². The number of phenols is 1. The average Bonchev–Trinajstić information content (AvgIpc) is 2.07. The first kappa shape index (κ1) is 7.31. The van der Waals surface area contributed by atoms with Crippen LogP contribution in [0.3, 0.4) is 0 Å². The zero-order valence-corrected chi connectivity index (χ0v) is 6.50. The average molecular weight is 163 g/mol. The Morgan fingerprint density at radius 3 is 3.00 bits per heavy atom. The molecule has 0 saturated carbocycles. The first-order chi connectivity index (χ1) is 5.77. The normalized spacial score (nSPS) is 15.8. The van der Waals surface area contributed by atoms with Gasteiger partial charge in [0, 0.05) is 12.1 Å². The summed E-state index contributed by atoms with van der Waals surface area (Å²) in [5.74, 6) is 0.205. The molecule has 0 fully saturated rings. The number of carbonyl (C=O) groups is 1. The van der Waals surface area contributed by atoms with Gasteiger partial charge < -0.3 is 10.4 Å². The van der Waals surface area contributed by atoms with Crippen molar-refractivity contribution < 1.29 is 9.90 Å². The maximum Gasteiger partial charge on any atom is 0.177 e. The molecule has 0 atom stereocenters. The fourth-order valence-corrected chi connectivity index (χ4v) is 1.38. The van der Waals surface area contributed by atoms with E-state index in [1.807, 2.05) is 0 Å². The van der Waals surface area contributed by atoms with Gasteiger partial charge in [-0.25, -0.2) is 0 Å². The quantitative estimate of drug-likeness (QED) is 0.591. The molecule has 0 radical (unpaired) electrons. The minimum atomic E-state index is 0.0483. The SMILES string of the molecule is O=C1CNCc2ccc(O)cc21. The second kappa shape index (κ2) is 2.60. The Bertz CT molecular complexity index is 333. The van der Waals surface area contributed by atoms with Crippen molar-refractivity contribution in [1.82, 2.24) is 5.32 Å². The standard InChI is InChI=1S/C9H9NO2/c11-7-2-1-6-4-10-5-9(12)8(6)3-7/h1-3,10-11H,4-5H2. The highest BCUT2D eigenvalue weighted by Gasteiger charge is 2.16. The molecule has 62 valence electrons. The molecule has 2 N–H and O–H groups in total. The van der Waals surface area contributed by atoms with Crippen LogP contribution in [0.2, 0.25) is 0 Å². The molecular formula is C9H9NO2. The van der Waals surface area contributed by atoms with E-state index in [0.29, 0.717) is 18.7 Å². The number of benzene rings is 1. The van der Waals surface area contributed by atoms with E-state index >= 15 is 0 Å². The predicted octanol–water partition coefficient (Wildman–Crippen LogP) is 0.678. The molecule has 1 aromatic rings. The highest BCUT2D eigenvalue weighted by atomic mass is 16.3. The van der Waals surface area contributed by atoms with E-state index in [-0.39, 0.29) is 11.5 Å². The van der Waals surface area contributed by atoms with Crippen molar-refractivity contribution in [2.45, 2.75) is 6.54 Å². The molecule has 0 aromatic heterocycles. The van der Waals surface area contributed by atoms with Crippen LogP contribution in [0.1, 0.15) is 15.9 Å². The van der Waals surface area contributed by atoms with Gasteiger partial charge in [0.1, 0.15) is 5.75 Å². The first-order valence-corrected chi connectivity index (χ1v) is 3.83. The van der Waals surface area contributed by atoms with Gasteiger partial charge in [-0.15, -0.1) is 0 Å². The fourth-order valence-electron chi connectivity index (χ4n) is 1.38. The third-order valence-corrected chi connectivity index (χ3v) is 1.99. The minimum Gasteiger partial charge on any atom is -0.508 e. The number of aromatic hydroxyl groups is 1. The van der Waals surface area contributed by atoms with Crippen molar-refractivity contribution in [3.05, 3.63) is 29.3 Å². The van der Waals surface area contributed by atoms with Crippen LogP contribution in [0.5, 0.6) is 5.75 Å². The lowest BCUT2D eigenvalue weighted by atomic mass is 10.00. The van der Waals surface area contributed by atoms with Crippen molar-refractivity contribution in [3.63, 3.8) is 0 Å². The van der Waals surface area contributed by atoms with Gasteiger partial charge in [-0.3, -0.25) is 4.79 Å². The molecule has 12 heavy (non-hydrogen) atoms. The maximum absolute atomic E-state index is 11.3. The summed E-state index contributed by atoms with van der Waals surface area (Å²) in [4.78, 5) is 11.3. The summed E-state index contributed by atoms with van der Waals surface area (Å²) < 4.78 is 0. The second-order valence-electron chi connectivity index (χ2n) is 2.87. The van der Waals surface area contributed by atoms with Crippen molar-refractivity contribution in [2.24, 2.45) is 0 Å². The molecule has 3 heteroatoms. The highest BCUT2D eigenvalue weighted by Crippen LogP contribution is 2.19. The van der Waals surface area contributed by atoms with Gasteiger partial charge in [-0.2, -0.15) is 0 Å². The van der Waals surface area contributed by atoms with Crippen molar-refractivity contribution in [2.75, 3.05) is 6.54 Å². The number of phenolic OH excluding ortho intramolecular Hbond substituents is 1. The molecule has 1 heterocycles. The lowest BCUT2D eigenvalue weighted by Gasteiger charge is -2.15. The lowest BCUT2D eigenvalue weighted by molar-refractivity contribution is 0.0982. The summed E-state index contributed by atoms with van der Waals surface area (Å²) in [7, 11) is 0. The molecule has 0 saturated heterocycles. The molecular weight excluding hydrogens is 154 g/mol. The number of hydrogen-bond donors (Lipinski definition) is 2. The van der Waals surface area contributed by atoms with E-state index < -0.39 is 0 Å². The molecule has 0 amide bonds. The van der Waals surface area contributed by atoms with E-state index in [4.69, 9.17) is 5.11 Å². The third-order valence-electron chi connectivity index (χ3n) is 1.99. The van der Waals surface area contributed by atoms with E-state index in [1.54, 1.807) is 12.1 Å². The van der Waals surface area contributed by atoms with Crippen LogP contribution in [0.4, 0.5) is 0 Å². The maximum atomic E-state index is 11.3. The van der Waals surface area contributed by atoms with E-state index in [9.17, 15) is 4.79 Å². The fraction of sp³-hybridized carbons (Fsp3) is 0.222. The van der Waals surface area contributed by atoms with Crippen LogP contribution in [0, 0.1) is 0 Å². The van der Waals surface area contributed by atoms with Crippen LogP contribution >= 0.6 is 0 Å². The largest absolute Gasteiger partial charge is 0.508 e. The Labute approximate surface area is 70.0 Å². The monoisotopic (exact) mass is 163 g/mol. The number of fused-ring (bicyclic) bond motifs is 1. The van der Waals surface area contributed by atoms with Crippen molar-refractivity contribution in [1.29, 1.82) is 0 Å². The molecule has 0 unspecified atom stereocenters. The summed E-state index contributed by atoms with van der Waals surface area (Å²) in [6.45, 7) is 1.08. The zero-order chi connectivity index (χ0) is 8.55. The second-order valence-corrected chi connectivity index (χ2v) is 2.87. The molecule has 0 aliphatic carbocycles. The molecule has 1 aliphatic rings. The van der Waals surface area contributed by atoms with Gasteiger partial charge in [0.15, 0.2) is 5.78 Å². The minimum absolute atomic E-state index is 0.0483. The Balaban J connectivity index is 2.54. The van der Waals surface area contributed by atoms with Crippen LogP contribution in [0.25, 0.3) is 0 Å². The van der Waals surface area contributed by atoms with E-state index in [1.165, 1.54) is 6.07 Å². The van der Waals surface area contributed by atoms with E-state index in [2.05, 4.69) is 5.32 Å². The predicted molar refractivity (Wildman–Crippen MR) is 44.1 cm³/mol. The number of hydrogen-bond acceptors (Lipinski definition) is 3. The van der Waals surface area contributed by atoms with Gasteiger partial charge in [-0.05, 0) is 17.7 Å². The summed E-state index contributed by atoms with van der Waals surface area (Å²) >= 11 is 0. The summed E-state index contributed by atoms with van der Waals surface area (Å²) in [5, 5.41) is 12.1. The number of rotatable bonds is 0. The molecule has 1 aliphatic heterocycles. The topological polar surface area (TPSA) is 49.3 Å². The van der Waals surface area contributed by atoms with E-state index in [0.717, 1.165) is 5.56 Å². The van der Waals surface area contributed by atoms with Crippen molar-refractivity contribution in [3.8, 4) is 5.75 Å². The molecule has 0 spiro atoms. The van der Waals surface area contributed by atoms with Gasteiger partial charge in [0.05, 0.1) is 6.54 Å². The van der Waals surface area contributed by atoms with Gasteiger partial charge in [0.25, 0.3) is 0 Å². The van der Waals surface area contributed by atoms with Crippen LogP contribution in [-0.4, -0.2) is 17.4 Å². The summed E-state index contributed by atoms with van der Waals surface area (Å²) in [6.07, 6.45) is 0. The Hall–Kier alpha value is -1.35. The van der Waals surface area contributed by atoms with Crippen molar-refractivity contribution >= 4 is 5.78 Å². The molecule has 2 rings (SSSR count). The molecule has 3 nitrogen and oxygen atoms in total. The Kier molecular flexibility index (Phi) is 1.59. The van der Waals surface area contributed by atoms with Crippen LogP contribution in [0.15, 0.2) is 18.2 Å². The number of ketones is 1. The van der Waals surface area contributed by atoms with Gasteiger partial charge >= 0.3 is 0 Å². The number of carbonyl (C=O) groups excluding carboxylic acids is 1. The number of Topliss-reactive ketones (excluding diaryl/α,β-unsaturated/α-hetero) is 1.